The van der Waals surface area contributed by atoms with Gasteiger partial charge in [-0.2, -0.15) is 0 Å². The molecule has 3 nitrogen and oxygen atoms in total. The topological polar surface area (TPSA) is 52.3 Å². The van der Waals surface area contributed by atoms with Crippen LogP contribution in [-0.4, -0.2) is 12.6 Å². The van der Waals surface area contributed by atoms with Crippen LogP contribution in [0, 0.1) is 5.92 Å². The summed E-state index contributed by atoms with van der Waals surface area (Å²) >= 11 is 0. The summed E-state index contributed by atoms with van der Waals surface area (Å²) in [4.78, 5) is 11.8. The van der Waals surface area contributed by atoms with Crippen LogP contribution in [0.15, 0.2) is 30.3 Å². The SMILES string of the molecule is N[C@H](C(=O)OCC1CCCCC1)c1ccccc1. The van der Waals surface area contributed by atoms with Crippen LogP contribution in [0.5, 0.6) is 0 Å². The van der Waals surface area contributed by atoms with Gasteiger partial charge in [-0.05, 0) is 24.3 Å². The monoisotopic (exact) mass is 247 g/mol. The molecule has 2 N–H and O–H groups in total. The van der Waals surface area contributed by atoms with E-state index in [0.29, 0.717) is 12.5 Å². The van der Waals surface area contributed by atoms with Gasteiger partial charge in [-0.25, -0.2) is 4.79 Å². The Labute approximate surface area is 108 Å². The highest BCUT2D eigenvalue weighted by Crippen LogP contribution is 2.24. The van der Waals surface area contributed by atoms with Crippen molar-refractivity contribution in [3.8, 4) is 0 Å². The summed E-state index contributed by atoms with van der Waals surface area (Å²) in [5.74, 6) is 0.220. The van der Waals surface area contributed by atoms with Crippen LogP contribution in [0.2, 0.25) is 0 Å². The molecule has 0 amide bonds. The predicted molar refractivity (Wildman–Crippen MR) is 70.9 cm³/mol. The molecule has 0 spiro atoms. The number of esters is 1. The Morgan fingerprint density at radius 2 is 1.89 bits per heavy atom. The van der Waals surface area contributed by atoms with Crippen molar-refractivity contribution >= 4 is 5.97 Å². The first-order valence-electron chi connectivity index (χ1n) is 6.74. The van der Waals surface area contributed by atoms with Crippen LogP contribution in [0.3, 0.4) is 0 Å². The molecule has 1 atom stereocenters. The molecule has 0 aliphatic heterocycles. The smallest absolute Gasteiger partial charge is 0.327 e. The second-order valence-electron chi connectivity index (χ2n) is 5.02. The van der Waals surface area contributed by atoms with Crippen LogP contribution in [0.1, 0.15) is 43.7 Å². The Bertz CT molecular complexity index is 371. The first-order valence-corrected chi connectivity index (χ1v) is 6.74. The van der Waals surface area contributed by atoms with Crippen LogP contribution >= 0.6 is 0 Å². The van der Waals surface area contributed by atoms with E-state index in [1.54, 1.807) is 0 Å². The Hall–Kier alpha value is -1.35. The van der Waals surface area contributed by atoms with Crippen LogP contribution in [0.4, 0.5) is 0 Å². The molecule has 1 aromatic carbocycles. The standard InChI is InChI=1S/C15H21NO2/c16-14(13-9-5-2-6-10-13)15(17)18-11-12-7-3-1-4-8-12/h2,5-6,9-10,12,14H,1,3-4,7-8,11,16H2/t14-/m0/s1. The molecule has 0 aromatic heterocycles. The molecule has 0 bridgehead atoms. The molecular weight excluding hydrogens is 226 g/mol. The summed E-state index contributed by atoms with van der Waals surface area (Å²) in [5.41, 5.74) is 6.69. The number of benzene rings is 1. The molecular formula is C15H21NO2. The van der Waals surface area contributed by atoms with Crippen LogP contribution in [-0.2, 0) is 9.53 Å². The van der Waals surface area contributed by atoms with E-state index in [2.05, 4.69) is 0 Å². The largest absolute Gasteiger partial charge is 0.464 e. The number of carbonyl (C=O) groups is 1. The van der Waals surface area contributed by atoms with Crippen molar-refractivity contribution in [2.45, 2.75) is 38.1 Å². The fraction of sp³-hybridized carbons (Fsp3) is 0.533. The summed E-state index contributed by atoms with van der Waals surface area (Å²) in [6, 6.07) is 8.71. The van der Waals surface area contributed by atoms with Gasteiger partial charge in [0.25, 0.3) is 0 Å². The second-order valence-corrected chi connectivity index (χ2v) is 5.02. The maximum atomic E-state index is 11.8. The number of hydrogen-bond donors (Lipinski definition) is 1. The zero-order chi connectivity index (χ0) is 12.8. The first-order chi connectivity index (χ1) is 8.77. The minimum atomic E-state index is -0.658. The molecule has 0 unspecified atom stereocenters. The second kappa shape index (κ2) is 6.55. The highest BCUT2D eigenvalue weighted by atomic mass is 16.5. The molecule has 98 valence electrons. The van der Waals surface area contributed by atoms with Crippen molar-refractivity contribution in [1.29, 1.82) is 0 Å². The molecule has 1 fully saturated rings. The third-order valence-corrected chi connectivity index (χ3v) is 3.60. The van der Waals surface area contributed by atoms with E-state index in [-0.39, 0.29) is 5.97 Å². The van der Waals surface area contributed by atoms with E-state index in [9.17, 15) is 4.79 Å². The van der Waals surface area contributed by atoms with Crippen molar-refractivity contribution in [1.82, 2.24) is 0 Å². The van der Waals surface area contributed by atoms with Gasteiger partial charge in [-0.1, -0.05) is 49.6 Å². The molecule has 1 aliphatic rings. The van der Waals surface area contributed by atoms with Gasteiger partial charge in [0.1, 0.15) is 6.04 Å². The Kier molecular flexibility index (Phi) is 4.76. The number of carbonyl (C=O) groups excluding carboxylic acids is 1. The van der Waals surface area contributed by atoms with E-state index >= 15 is 0 Å². The molecule has 2 rings (SSSR count). The van der Waals surface area contributed by atoms with E-state index < -0.39 is 6.04 Å². The van der Waals surface area contributed by atoms with Gasteiger partial charge in [-0.15, -0.1) is 0 Å². The lowest BCUT2D eigenvalue weighted by molar-refractivity contribution is -0.147. The van der Waals surface area contributed by atoms with Gasteiger partial charge in [0.05, 0.1) is 6.61 Å². The van der Waals surface area contributed by atoms with Gasteiger partial charge >= 0.3 is 5.97 Å². The molecule has 0 saturated heterocycles. The van der Waals surface area contributed by atoms with Gasteiger partial charge in [0.2, 0.25) is 0 Å². The fourth-order valence-electron chi connectivity index (χ4n) is 2.44. The number of ether oxygens (including phenoxy) is 1. The van der Waals surface area contributed by atoms with Crippen molar-refractivity contribution in [2.24, 2.45) is 11.7 Å². The van der Waals surface area contributed by atoms with E-state index in [4.69, 9.17) is 10.5 Å². The normalized spacial score (nSPS) is 18.3. The Morgan fingerprint density at radius 1 is 1.22 bits per heavy atom. The molecule has 1 aliphatic carbocycles. The minimum Gasteiger partial charge on any atom is -0.464 e. The van der Waals surface area contributed by atoms with Crippen molar-refractivity contribution in [3.05, 3.63) is 35.9 Å². The molecule has 18 heavy (non-hydrogen) atoms. The Morgan fingerprint density at radius 3 is 2.56 bits per heavy atom. The molecule has 3 heteroatoms. The molecule has 1 saturated carbocycles. The lowest BCUT2D eigenvalue weighted by Gasteiger charge is -2.22. The van der Waals surface area contributed by atoms with E-state index in [0.717, 1.165) is 5.56 Å². The summed E-state index contributed by atoms with van der Waals surface area (Å²) in [7, 11) is 0. The van der Waals surface area contributed by atoms with Gasteiger partial charge in [0.15, 0.2) is 0 Å². The van der Waals surface area contributed by atoms with Gasteiger partial charge < -0.3 is 10.5 Å². The predicted octanol–water partition coefficient (Wildman–Crippen LogP) is 2.81. The van der Waals surface area contributed by atoms with Crippen molar-refractivity contribution in [2.75, 3.05) is 6.61 Å². The maximum Gasteiger partial charge on any atom is 0.327 e. The molecule has 0 radical (unpaired) electrons. The van der Waals surface area contributed by atoms with E-state index in [1.807, 2.05) is 30.3 Å². The summed E-state index contributed by atoms with van der Waals surface area (Å²) in [6.07, 6.45) is 6.18. The van der Waals surface area contributed by atoms with Crippen LogP contribution < -0.4 is 5.73 Å². The molecule has 0 heterocycles. The number of nitrogens with two attached hydrogens (primary N) is 1. The fourth-order valence-corrected chi connectivity index (χ4v) is 2.44. The third-order valence-electron chi connectivity index (χ3n) is 3.60. The lowest BCUT2D eigenvalue weighted by Crippen LogP contribution is -2.26. The zero-order valence-corrected chi connectivity index (χ0v) is 10.7. The average molecular weight is 247 g/mol. The van der Waals surface area contributed by atoms with Crippen LogP contribution in [0.25, 0.3) is 0 Å². The highest BCUT2D eigenvalue weighted by molar-refractivity contribution is 5.77. The number of rotatable bonds is 4. The summed E-state index contributed by atoms with van der Waals surface area (Å²) in [5, 5.41) is 0. The average Bonchev–Trinajstić information content (AvgIpc) is 2.46. The molecule has 1 aromatic rings. The number of hydrogen-bond acceptors (Lipinski definition) is 3. The Balaban J connectivity index is 1.80. The summed E-state index contributed by atoms with van der Waals surface area (Å²) in [6.45, 7) is 0.527. The highest BCUT2D eigenvalue weighted by Gasteiger charge is 2.20. The minimum absolute atomic E-state index is 0.313. The van der Waals surface area contributed by atoms with Crippen molar-refractivity contribution in [3.63, 3.8) is 0 Å². The quantitative estimate of drug-likeness (QED) is 0.832. The third kappa shape index (κ3) is 3.57. The summed E-state index contributed by atoms with van der Waals surface area (Å²) < 4.78 is 5.33. The van der Waals surface area contributed by atoms with Crippen molar-refractivity contribution < 1.29 is 9.53 Å². The van der Waals surface area contributed by atoms with E-state index in [1.165, 1.54) is 32.1 Å². The maximum absolute atomic E-state index is 11.8. The zero-order valence-electron chi connectivity index (χ0n) is 10.7. The lowest BCUT2D eigenvalue weighted by atomic mass is 9.90. The first kappa shape index (κ1) is 13.1. The van der Waals surface area contributed by atoms with Gasteiger partial charge in [0, 0.05) is 0 Å². The van der Waals surface area contributed by atoms with Gasteiger partial charge in [-0.3, -0.25) is 0 Å².